The Morgan fingerprint density at radius 3 is 2.65 bits per heavy atom. The Bertz CT molecular complexity index is 651. The number of rotatable bonds is 3. The van der Waals surface area contributed by atoms with Crippen LogP contribution >= 0.6 is 15.9 Å². The van der Waals surface area contributed by atoms with Gasteiger partial charge in [0.1, 0.15) is 12.7 Å². The highest BCUT2D eigenvalue weighted by Crippen LogP contribution is 2.25. The van der Waals surface area contributed by atoms with Gasteiger partial charge < -0.3 is 4.74 Å². The number of nitriles is 1. The van der Waals surface area contributed by atoms with Gasteiger partial charge in [-0.25, -0.2) is 4.79 Å². The van der Waals surface area contributed by atoms with Crippen molar-refractivity contribution >= 4 is 27.7 Å². The lowest BCUT2D eigenvalue weighted by atomic mass is 10.2. The summed E-state index contributed by atoms with van der Waals surface area (Å²) in [4.78, 5) is 11.7. The first-order valence-corrected chi connectivity index (χ1v) is 6.66. The standard InChI is InChI=1S/C15H11BrN2O2/c16-14-12(9-17)7-4-8-13(14)18-15(19)20-10-11-5-2-1-3-6-11/h1-8H,10H2,(H,18,19). The number of nitrogens with one attached hydrogen (secondary N) is 1. The van der Waals surface area contributed by atoms with Gasteiger partial charge >= 0.3 is 6.09 Å². The summed E-state index contributed by atoms with van der Waals surface area (Å²) in [6.45, 7) is 0.197. The molecule has 0 bridgehead atoms. The van der Waals surface area contributed by atoms with Crippen LogP contribution in [0.3, 0.4) is 0 Å². The lowest BCUT2D eigenvalue weighted by molar-refractivity contribution is 0.155. The van der Waals surface area contributed by atoms with Crippen molar-refractivity contribution in [3.05, 3.63) is 64.1 Å². The number of carbonyl (C=O) groups excluding carboxylic acids is 1. The first-order chi connectivity index (χ1) is 9.70. The smallest absolute Gasteiger partial charge is 0.411 e. The van der Waals surface area contributed by atoms with Gasteiger partial charge in [-0.3, -0.25) is 5.32 Å². The van der Waals surface area contributed by atoms with E-state index in [1.165, 1.54) is 0 Å². The maximum atomic E-state index is 11.7. The first-order valence-electron chi connectivity index (χ1n) is 5.87. The first kappa shape index (κ1) is 14.1. The number of hydrogen-bond donors (Lipinski definition) is 1. The van der Waals surface area contributed by atoms with E-state index in [0.717, 1.165) is 5.56 Å². The molecule has 1 N–H and O–H groups in total. The number of hydrogen-bond acceptors (Lipinski definition) is 3. The molecule has 2 aromatic rings. The highest BCUT2D eigenvalue weighted by Gasteiger charge is 2.09. The van der Waals surface area contributed by atoms with E-state index in [0.29, 0.717) is 15.7 Å². The minimum absolute atomic E-state index is 0.197. The highest BCUT2D eigenvalue weighted by atomic mass is 79.9. The molecule has 0 aliphatic heterocycles. The Hall–Kier alpha value is -2.32. The van der Waals surface area contributed by atoms with Gasteiger partial charge in [0.15, 0.2) is 0 Å². The summed E-state index contributed by atoms with van der Waals surface area (Å²) in [5.41, 5.74) is 1.86. The summed E-state index contributed by atoms with van der Waals surface area (Å²) in [5.74, 6) is 0. The van der Waals surface area contributed by atoms with Crippen molar-refractivity contribution < 1.29 is 9.53 Å². The van der Waals surface area contributed by atoms with E-state index in [2.05, 4.69) is 21.2 Å². The maximum Gasteiger partial charge on any atom is 0.411 e. The Balaban J connectivity index is 1.97. The van der Waals surface area contributed by atoms with Crippen LogP contribution in [0.25, 0.3) is 0 Å². The molecular formula is C15H11BrN2O2. The summed E-state index contributed by atoms with van der Waals surface area (Å²) >= 11 is 3.27. The largest absolute Gasteiger partial charge is 0.444 e. The quantitative estimate of drug-likeness (QED) is 0.922. The Kier molecular flexibility index (Phi) is 4.75. The molecule has 0 aromatic heterocycles. The van der Waals surface area contributed by atoms with E-state index >= 15 is 0 Å². The van der Waals surface area contributed by atoms with Crippen LogP contribution in [-0.2, 0) is 11.3 Å². The molecule has 5 heteroatoms. The number of nitrogens with zero attached hydrogens (tertiary/aromatic N) is 1. The zero-order valence-corrected chi connectivity index (χ0v) is 12.1. The molecule has 0 aliphatic carbocycles. The molecule has 0 saturated heterocycles. The minimum Gasteiger partial charge on any atom is -0.444 e. The van der Waals surface area contributed by atoms with Crippen molar-refractivity contribution in [1.29, 1.82) is 5.26 Å². The van der Waals surface area contributed by atoms with E-state index in [1.54, 1.807) is 18.2 Å². The summed E-state index contributed by atoms with van der Waals surface area (Å²) in [6.07, 6.45) is -0.565. The predicted octanol–water partition coefficient (Wildman–Crippen LogP) is 4.07. The lowest BCUT2D eigenvalue weighted by Gasteiger charge is -2.09. The molecule has 2 rings (SSSR count). The Morgan fingerprint density at radius 1 is 1.20 bits per heavy atom. The highest BCUT2D eigenvalue weighted by molar-refractivity contribution is 9.10. The van der Waals surface area contributed by atoms with E-state index in [9.17, 15) is 4.79 Å². The van der Waals surface area contributed by atoms with Crippen molar-refractivity contribution in [2.45, 2.75) is 6.61 Å². The van der Waals surface area contributed by atoms with Crippen molar-refractivity contribution in [3.8, 4) is 6.07 Å². The van der Waals surface area contributed by atoms with Crippen LogP contribution in [0.5, 0.6) is 0 Å². The Morgan fingerprint density at radius 2 is 1.95 bits per heavy atom. The topological polar surface area (TPSA) is 62.1 Å². The third-order valence-electron chi connectivity index (χ3n) is 2.57. The molecule has 20 heavy (non-hydrogen) atoms. The number of amides is 1. The molecule has 0 spiro atoms. The number of anilines is 1. The average Bonchev–Trinajstić information content (AvgIpc) is 2.48. The fraction of sp³-hybridized carbons (Fsp3) is 0.0667. The minimum atomic E-state index is -0.565. The molecule has 0 radical (unpaired) electrons. The molecule has 0 heterocycles. The van der Waals surface area contributed by atoms with Gasteiger partial charge in [0.05, 0.1) is 15.7 Å². The maximum absolute atomic E-state index is 11.7. The molecule has 0 aliphatic rings. The van der Waals surface area contributed by atoms with Gasteiger partial charge in [0.25, 0.3) is 0 Å². The van der Waals surface area contributed by atoms with Crippen LogP contribution in [0.15, 0.2) is 53.0 Å². The molecule has 0 saturated carbocycles. The van der Waals surface area contributed by atoms with Crippen LogP contribution < -0.4 is 5.32 Å². The summed E-state index contributed by atoms with van der Waals surface area (Å²) in [5, 5.41) is 11.5. The Labute approximate surface area is 125 Å². The van der Waals surface area contributed by atoms with Crippen molar-refractivity contribution in [2.24, 2.45) is 0 Å². The van der Waals surface area contributed by atoms with Gasteiger partial charge in [-0.15, -0.1) is 0 Å². The summed E-state index contributed by atoms with van der Waals surface area (Å²) in [6, 6.07) is 16.5. The molecule has 0 fully saturated rings. The van der Waals surface area contributed by atoms with E-state index in [-0.39, 0.29) is 6.61 Å². The summed E-state index contributed by atoms with van der Waals surface area (Å²) in [7, 11) is 0. The molecule has 0 atom stereocenters. The van der Waals surface area contributed by atoms with Crippen LogP contribution in [-0.4, -0.2) is 6.09 Å². The molecule has 100 valence electrons. The fourth-order valence-corrected chi connectivity index (χ4v) is 2.04. The normalized spacial score (nSPS) is 9.60. The van der Waals surface area contributed by atoms with Gasteiger partial charge in [-0.1, -0.05) is 36.4 Å². The molecule has 4 nitrogen and oxygen atoms in total. The van der Waals surface area contributed by atoms with Crippen LogP contribution in [0.2, 0.25) is 0 Å². The van der Waals surface area contributed by atoms with Crippen molar-refractivity contribution in [3.63, 3.8) is 0 Å². The number of carbonyl (C=O) groups is 1. The second kappa shape index (κ2) is 6.73. The molecule has 0 unspecified atom stereocenters. The van der Waals surface area contributed by atoms with E-state index < -0.39 is 6.09 Å². The monoisotopic (exact) mass is 330 g/mol. The van der Waals surface area contributed by atoms with E-state index in [1.807, 2.05) is 36.4 Å². The van der Waals surface area contributed by atoms with Gasteiger partial charge in [-0.2, -0.15) is 5.26 Å². The van der Waals surface area contributed by atoms with Gasteiger partial charge in [0.2, 0.25) is 0 Å². The number of ether oxygens (including phenoxy) is 1. The molecular weight excluding hydrogens is 320 g/mol. The summed E-state index contributed by atoms with van der Waals surface area (Å²) < 4.78 is 5.65. The zero-order chi connectivity index (χ0) is 14.4. The number of benzene rings is 2. The van der Waals surface area contributed by atoms with Crippen LogP contribution in [0, 0.1) is 11.3 Å². The number of halogens is 1. The van der Waals surface area contributed by atoms with Crippen LogP contribution in [0.4, 0.5) is 10.5 Å². The van der Waals surface area contributed by atoms with E-state index in [4.69, 9.17) is 10.00 Å². The molecule has 2 aromatic carbocycles. The van der Waals surface area contributed by atoms with Crippen molar-refractivity contribution in [2.75, 3.05) is 5.32 Å². The fourth-order valence-electron chi connectivity index (χ4n) is 1.58. The van der Waals surface area contributed by atoms with Gasteiger partial charge in [0, 0.05) is 0 Å². The zero-order valence-electron chi connectivity index (χ0n) is 10.5. The predicted molar refractivity (Wildman–Crippen MR) is 79.1 cm³/mol. The van der Waals surface area contributed by atoms with Crippen LogP contribution in [0.1, 0.15) is 11.1 Å². The second-order valence-electron chi connectivity index (χ2n) is 3.97. The van der Waals surface area contributed by atoms with Crippen molar-refractivity contribution in [1.82, 2.24) is 0 Å². The molecule has 1 amide bonds. The SMILES string of the molecule is N#Cc1cccc(NC(=O)OCc2ccccc2)c1Br. The second-order valence-corrected chi connectivity index (χ2v) is 4.76. The average molecular weight is 331 g/mol. The third kappa shape index (κ3) is 3.59. The lowest BCUT2D eigenvalue weighted by Crippen LogP contribution is -2.14. The van der Waals surface area contributed by atoms with Gasteiger partial charge in [-0.05, 0) is 33.6 Å². The third-order valence-corrected chi connectivity index (χ3v) is 3.42.